The molecule has 0 aliphatic rings. The summed E-state index contributed by atoms with van der Waals surface area (Å²) >= 11 is 0. The molecule has 0 aromatic heterocycles. The van der Waals surface area contributed by atoms with Crippen LogP contribution in [0.2, 0.25) is 0 Å². The Morgan fingerprint density at radius 3 is 2.25 bits per heavy atom. The van der Waals surface area contributed by atoms with Crippen LogP contribution in [0.3, 0.4) is 0 Å². The minimum atomic E-state index is 0.00549. The van der Waals surface area contributed by atoms with Gasteiger partial charge in [-0.25, -0.2) is 0 Å². The number of likely N-dealkylation sites (N-methyl/N-ethyl adjacent to an activating group) is 2. The third kappa shape index (κ3) is 4.58. The number of nitrogens with zero attached hydrogens (tertiary/aromatic N) is 2. The number of hydrogen-bond donors (Lipinski definition) is 1. The Labute approximate surface area is 124 Å². The second-order valence-electron chi connectivity index (χ2n) is 6.26. The number of nitrogens with two attached hydrogens (primary N) is 1. The van der Waals surface area contributed by atoms with Crippen LogP contribution in [0.15, 0.2) is 30.3 Å². The molecule has 3 nitrogen and oxygen atoms in total. The van der Waals surface area contributed by atoms with Gasteiger partial charge in [0.1, 0.15) is 0 Å². The molecule has 20 heavy (non-hydrogen) atoms. The molecule has 0 saturated carbocycles. The Bertz CT molecular complexity index is 377. The van der Waals surface area contributed by atoms with Gasteiger partial charge < -0.3 is 10.6 Å². The van der Waals surface area contributed by atoms with Crippen LogP contribution in [0.25, 0.3) is 0 Å². The van der Waals surface area contributed by atoms with Gasteiger partial charge in [-0.15, -0.1) is 0 Å². The maximum atomic E-state index is 6.14. The van der Waals surface area contributed by atoms with E-state index in [4.69, 9.17) is 5.73 Å². The smallest absolute Gasteiger partial charge is 0.0347 e. The highest BCUT2D eigenvalue weighted by molar-refractivity contribution is 5.18. The Morgan fingerprint density at radius 1 is 1.20 bits per heavy atom. The van der Waals surface area contributed by atoms with Crippen molar-refractivity contribution >= 4 is 0 Å². The average molecular weight is 277 g/mol. The Hall–Kier alpha value is -0.900. The van der Waals surface area contributed by atoms with Crippen molar-refractivity contribution in [3.8, 4) is 0 Å². The predicted octanol–water partition coefficient (Wildman–Crippen LogP) is 2.22. The van der Waals surface area contributed by atoms with Gasteiger partial charge in [0.25, 0.3) is 0 Å². The van der Waals surface area contributed by atoms with Gasteiger partial charge in [-0.2, -0.15) is 0 Å². The summed E-state index contributed by atoms with van der Waals surface area (Å²) in [4.78, 5) is 4.78. The summed E-state index contributed by atoms with van der Waals surface area (Å²) in [6, 6.07) is 11.1. The van der Waals surface area contributed by atoms with E-state index in [1.165, 1.54) is 5.56 Å². The van der Waals surface area contributed by atoms with Crippen molar-refractivity contribution in [2.75, 3.05) is 33.7 Å². The molecular weight excluding hydrogens is 246 g/mol. The molecule has 1 rings (SSSR count). The molecule has 0 saturated heterocycles. The van der Waals surface area contributed by atoms with E-state index in [1.807, 2.05) is 0 Å². The van der Waals surface area contributed by atoms with Crippen molar-refractivity contribution in [3.63, 3.8) is 0 Å². The van der Waals surface area contributed by atoms with E-state index in [2.05, 4.69) is 75.0 Å². The second kappa shape index (κ2) is 7.77. The summed E-state index contributed by atoms with van der Waals surface area (Å²) < 4.78 is 0. The zero-order valence-corrected chi connectivity index (χ0v) is 13.8. The third-order valence-electron chi connectivity index (χ3n) is 4.06. The molecule has 1 aromatic carbocycles. The summed E-state index contributed by atoms with van der Waals surface area (Å²) in [5.74, 6) is 0. The van der Waals surface area contributed by atoms with E-state index >= 15 is 0 Å². The lowest BCUT2D eigenvalue weighted by atomic mass is 9.89. The fourth-order valence-corrected chi connectivity index (χ4v) is 3.18. The fourth-order valence-electron chi connectivity index (χ4n) is 3.18. The first kappa shape index (κ1) is 17.2. The Morgan fingerprint density at radius 2 is 1.80 bits per heavy atom. The highest BCUT2D eigenvalue weighted by atomic mass is 15.3. The lowest BCUT2D eigenvalue weighted by molar-refractivity contribution is 0.0613. The number of rotatable bonds is 8. The third-order valence-corrected chi connectivity index (χ3v) is 4.06. The predicted molar refractivity (Wildman–Crippen MR) is 88.0 cm³/mol. The van der Waals surface area contributed by atoms with Crippen LogP contribution in [-0.2, 0) is 6.42 Å². The molecule has 0 spiro atoms. The van der Waals surface area contributed by atoms with Crippen LogP contribution >= 0.6 is 0 Å². The van der Waals surface area contributed by atoms with Crippen molar-refractivity contribution in [3.05, 3.63) is 35.9 Å². The van der Waals surface area contributed by atoms with Crippen LogP contribution in [0.1, 0.15) is 26.3 Å². The topological polar surface area (TPSA) is 32.5 Å². The van der Waals surface area contributed by atoms with Gasteiger partial charge in [-0.3, -0.25) is 4.90 Å². The molecule has 0 aliphatic heterocycles. The molecule has 0 aliphatic carbocycles. The maximum Gasteiger partial charge on any atom is 0.0347 e. The number of benzene rings is 1. The Balaban J connectivity index is 2.88. The van der Waals surface area contributed by atoms with E-state index in [9.17, 15) is 0 Å². The fraction of sp³-hybridized carbons (Fsp3) is 0.647. The van der Waals surface area contributed by atoms with Crippen molar-refractivity contribution in [2.45, 2.75) is 38.8 Å². The van der Waals surface area contributed by atoms with Crippen LogP contribution in [0.4, 0.5) is 0 Å². The quantitative estimate of drug-likeness (QED) is 0.791. The number of hydrogen-bond acceptors (Lipinski definition) is 3. The summed E-state index contributed by atoms with van der Waals surface area (Å²) in [6.07, 6.45) is 0.996. The monoisotopic (exact) mass is 277 g/mol. The summed E-state index contributed by atoms with van der Waals surface area (Å²) in [5, 5.41) is 0. The molecule has 0 bridgehead atoms. The molecule has 114 valence electrons. The highest BCUT2D eigenvalue weighted by Crippen LogP contribution is 2.22. The largest absolute Gasteiger partial charge is 0.329 e. The van der Waals surface area contributed by atoms with Gasteiger partial charge in [0.15, 0.2) is 0 Å². The van der Waals surface area contributed by atoms with E-state index in [0.29, 0.717) is 12.6 Å². The molecule has 2 atom stereocenters. The minimum Gasteiger partial charge on any atom is -0.329 e. The summed E-state index contributed by atoms with van der Waals surface area (Å²) in [5.41, 5.74) is 7.51. The minimum absolute atomic E-state index is 0.00549. The van der Waals surface area contributed by atoms with Crippen LogP contribution in [-0.4, -0.2) is 55.1 Å². The first-order valence-corrected chi connectivity index (χ1v) is 7.58. The van der Waals surface area contributed by atoms with Gasteiger partial charge in [-0.1, -0.05) is 37.3 Å². The molecule has 0 heterocycles. The van der Waals surface area contributed by atoms with Crippen LogP contribution in [0, 0.1) is 0 Å². The molecule has 2 unspecified atom stereocenters. The standard InChI is InChI=1S/C17H31N3/c1-6-20(15(2)13-19(4)5)17(3,14-18)12-16-10-8-7-9-11-16/h7-11,15H,6,12-14,18H2,1-5H3. The summed E-state index contributed by atoms with van der Waals surface area (Å²) in [6.45, 7) is 9.56. The van der Waals surface area contributed by atoms with Crippen molar-refractivity contribution in [2.24, 2.45) is 5.73 Å². The van der Waals surface area contributed by atoms with Gasteiger partial charge in [0.2, 0.25) is 0 Å². The van der Waals surface area contributed by atoms with Crippen molar-refractivity contribution in [1.82, 2.24) is 9.80 Å². The van der Waals surface area contributed by atoms with Gasteiger partial charge in [-0.05, 0) is 46.5 Å². The normalized spacial score (nSPS) is 16.4. The zero-order valence-electron chi connectivity index (χ0n) is 13.8. The maximum absolute atomic E-state index is 6.14. The second-order valence-corrected chi connectivity index (χ2v) is 6.26. The molecule has 0 amide bonds. The van der Waals surface area contributed by atoms with Gasteiger partial charge in [0.05, 0.1) is 0 Å². The van der Waals surface area contributed by atoms with E-state index in [1.54, 1.807) is 0 Å². The molecule has 0 radical (unpaired) electrons. The average Bonchev–Trinajstić information content (AvgIpc) is 2.39. The van der Waals surface area contributed by atoms with E-state index < -0.39 is 0 Å². The molecule has 1 aromatic rings. The lowest BCUT2D eigenvalue weighted by Gasteiger charge is -2.45. The summed E-state index contributed by atoms with van der Waals surface area (Å²) in [7, 11) is 4.25. The van der Waals surface area contributed by atoms with Crippen molar-refractivity contribution < 1.29 is 0 Å². The van der Waals surface area contributed by atoms with Crippen molar-refractivity contribution in [1.29, 1.82) is 0 Å². The first-order chi connectivity index (χ1) is 9.42. The van der Waals surface area contributed by atoms with E-state index in [0.717, 1.165) is 19.5 Å². The Kier molecular flexibility index (Phi) is 6.66. The zero-order chi connectivity index (χ0) is 15.2. The van der Waals surface area contributed by atoms with Gasteiger partial charge >= 0.3 is 0 Å². The molecule has 0 fully saturated rings. The first-order valence-electron chi connectivity index (χ1n) is 7.58. The molecule has 3 heteroatoms. The van der Waals surface area contributed by atoms with Crippen LogP contribution in [0.5, 0.6) is 0 Å². The van der Waals surface area contributed by atoms with Gasteiger partial charge in [0, 0.05) is 24.7 Å². The van der Waals surface area contributed by atoms with Crippen LogP contribution < -0.4 is 5.73 Å². The van der Waals surface area contributed by atoms with E-state index in [-0.39, 0.29) is 5.54 Å². The highest BCUT2D eigenvalue weighted by Gasteiger charge is 2.32. The molecular formula is C17H31N3. The SMILES string of the molecule is CCN(C(C)CN(C)C)C(C)(CN)Cc1ccccc1. The molecule has 2 N–H and O–H groups in total. The lowest BCUT2D eigenvalue weighted by Crippen LogP contribution is -2.58.